The molecular formula is C15H11N3O2. The van der Waals surface area contributed by atoms with Gasteiger partial charge in [0.2, 0.25) is 0 Å². The van der Waals surface area contributed by atoms with Gasteiger partial charge in [-0.15, -0.1) is 5.10 Å². The summed E-state index contributed by atoms with van der Waals surface area (Å²) in [5.74, 6) is -0.0870. The summed E-state index contributed by atoms with van der Waals surface area (Å²) in [5.41, 5.74) is 2.54. The third kappa shape index (κ3) is 2.16. The molecule has 0 spiro atoms. The summed E-state index contributed by atoms with van der Waals surface area (Å²) in [7, 11) is 0. The van der Waals surface area contributed by atoms with Crippen LogP contribution in [0.4, 0.5) is 0 Å². The van der Waals surface area contributed by atoms with E-state index in [-0.39, 0.29) is 11.3 Å². The van der Waals surface area contributed by atoms with Gasteiger partial charge in [-0.2, -0.15) is 9.90 Å². The third-order valence-electron chi connectivity index (χ3n) is 2.93. The molecule has 3 rings (SSSR count). The van der Waals surface area contributed by atoms with Crippen molar-refractivity contribution in [3.8, 4) is 22.7 Å². The molecule has 0 aliphatic heterocycles. The number of rotatable bonds is 3. The number of carbonyl (C=O) groups excluding carboxylic acids is 1. The molecule has 0 amide bonds. The molecule has 2 aromatic carbocycles. The highest BCUT2D eigenvalue weighted by molar-refractivity contribution is 5.79. The van der Waals surface area contributed by atoms with Gasteiger partial charge in [0.25, 0.3) is 0 Å². The molecule has 0 radical (unpaired) electrons. The van der Waals surface area contributed by atoms with Crippen LogP contribution >= 0.6 is 0 Å². The maximum absolute atomic E-state index is 10.7. The van der Waals surface area contributed by atoms with Gasteiger partial charge in [-0.3, -0.25) is 4.79 Å². The lowest BCUT2D eigenvalue weighted by Crippen LogP contribution is -1.99. The van der Waals surface area contributed by atoms with E-state index in [4.69, 9.17) is 0 Å². The van der Waals surface area contributed by atoms with Gasteiger partial charge in [0.1, 0.15) is 11.4 Å². The first-order chi connectivity index (χ1) is 9.78. The molecule has 0 atom stereocenters. The van der Waals surface area contributed by atoms with Crippen molar-refractivity contribution in [2.24, 2.45) is 0 Å². The number of benzene rings is 2. The lowest BCUT2D eigenvalue weighted by molar-refractivity contribution is 0.112. The number of aldehydes is 1. The van der Waals surface area contributed by atoms with Gasteiger partial charge >= 0.3 is 0 Å². The third-order valence-corrected chi connectivity index (χ3v) is 2.93. The quantitative estimate of drug-likeness (QED) is 0.738. The minimum absolute atomic E-state index is 0.0870. The van der Waals surface area contributed by atoms with Crippen LogP contribution < -0.4 is 0 Å². The van der Waals surface area contributed by atoms with Gasteiger partial charge in [0.15, 0.2) is 6.29 Å². The van der Waals surface area contributed by atoms with Gasteiger partial charge in [0, 0.05) is 11.6 Å². The zero-order valence-corrected chi connectivity index (χ0v) is 10.5. The molecule has 0 saturated carbocycles. The molecule has 1 N–H and O–H groups in total. The van der Waals surface area contributed by atoms with E-state index < -0.39 is 0 Å². The molecule has 3 aromatic rings. The Morgan fingerprint density at radius 3 is 2.60 bits per heavy atom. The van der Waals surface area contributed by atoms with Crippen LogP contribution in [0.5, 0.6) is 5.75 Å². The smallest absolute Gasteiger partial charge is 0.153 e. The molecule has 1 aromatic heterocycles. The number of aromatic nitrogens is 3. The highest BCUT2D eigenvalue weighted by Gasteiger charge is 2.07. The van der Waals surface area contributed by atoms with Crippen LogP contribution in [0.3, 0.4) is 0 Å². The maximum Gasteiger partial charge on any atom is 0.153 e. The van der Waals surface area contributed by atoms with E-state index >= 15 is 0 Å². The highest BCUT2D eigenvalue weighted by atomic mass is 16.3. The number of hydrogen-bond donors (Lipinski definition) is 1. The first-order valence-corrected chi connectivity index (χ1v) is 6.04. The maximum atomic E-state index is 10.7. The topological polar surface area (TPSA) is 68.0 Å². The van der Waals surface area contributed by atoms with E-state index in [1.54, 1.807) is 12.3 Å². The Bertz CT molecular complexity index is 751. The predicted molar refractivity (Wildman–Crippen MR) is 73.8 cm³/mol. The van der Waals surface area contributed by atoms with E-state index in [2.05, 4.69) is 10.2 Å². The van der Waals surface area contributed by atoms with E-state index in [1.165, 1.54) is 16.9 Å². The van der Waals surface area contributed by atoms with Gasteiger partial charge in [-0.25, -0.2) is 0 Å². The van der Waals surface area contributed by atoms with Crippen LogP contribution in [-0.2, 0) is 0 Å². The average Bonchev–Trinajstić information content (AvgIpc) is 2.98. The summed E-state index contributed by atoms with van der Waals surface area (Å²) in [6.45, 7) is 0. The van der Waals surface area contributed by atoms with Crippen LogP contribution in [0.25, 0.3) is 16.9 Å². The number of nitrogens with zero attached hydrogens (tertiary/aromatic N) is 3. The summed E-state index contributed by atoms with van der Waals surface area (Å²) in [6.07, 6.45) is 2.26. The second-order valence-corrected chi connectivity index (χ2v) is 4.25. The van der Waals surface area contributed by atoms with Crippen LogP contribution in [0.1, 0.15) is 10.4 Å². The van der Waals surface area contributed by atoms with Gasteiger partial charge in [0.05, 0.1) is 17.4 Å². The number of hydrogen-bond acceptors (Lipinski definition) is 4. The van der Waals surface area contributed by atoms with Crippen molar-refractivity contribution in [3.05, 3.63) is 60.3 Å². The lowest BCUT2D eigenvalue weighted by Gasteiger charge is -2.02. The van der Waals surface area contributed by atoms with Crippen molar-refractivity contribution in [2.45, 2.75) is 0 Å². The van der Waals surface area contributed by atoms with Crippen LogP contribution in [-0.4, -0.2) is 26.4 Å². The van der Waals surface area contributed by atoms with Gasteiger partial charge < -0.3 is 5.11 Å². The fourth-order valence-electron chi connectivity index (χ4n) is 1.88. The van der Waals surface area contributed by atoms with E-state index in [0.717, 1.165) is 11.3 Å². The molecule has 0 fully saturated rings. The summed E-state index contributed by atoms with van der Waals surface area (Å²) in [6, 6.07) is 14.4. The molecule has 98 valence electrons. The molecule has 20 heavy (non-hydrogen) atoms. The zero-order valence-electron chi connectivity index (χ0n) is 10.5. The van der Waals surface area contributed by atoms with Gasteiger partial charge in [-0.1, -0.05) is 30.3 Å². The SMILES string of the molecule is O=Cc1ccc(-n2ncc(-c3ccccc3)n2)cc1O. The molecule has 0 aliphatic rings. The molecular weight excluding hydrogens is 254 g/mol. The highest BCUT2D eigenvalue weighted by Crippen LogP contribution is 2.20. The van der Waals surface area contributed by atoms with Crippen molar-refractivity contribution < 1.29 is 9.90 Å². The minimum Gasteiger partial charge on any atom is -0.507 e. The van der Waals surface area contributed by atoms with E-state index in [0.29, 0.717) is 12.0 Å². The Balaban J connectivity index is 1.98. The number of aromatic hydroxyl groups is 1. The van der Waals surface area contributed by atoms with Crippen molar-refractivity contribution in [3.63, 3.8) is 0 Å². The average molecular weight is 265 g/mol. The van der Waals surface area contributed by atoms with Crippen molar-refractivity contribution in [1.29, 1.82) is 0 Å². The summed E-state index contributed by atoms with van der Waals surface area (Å²) < 4.78 is 0. The van der Waals surface area contributed by atoms with Gasteiger partial charge in [-0.05, 0) is 12.1 Å². The molecule has 5 nitrogen and oxygen atoms in total. The van der Waals surface area contributed by atoms with Crippen LogP contribution in [0.15, 0.2) is 54.7 Å². The summed E-state index contributed by atoms with van der Waals surface area (Å²) in [5, 5.41) is 18.2. The molecule has 1 heterocycles. The predicted octanol–water partition coefficient (Wildman–Crippen LogP) is 2.45. The van der Waals surface area contributed by atoms with Crippen LogP contribution in [0, 0.1) is 0 Å². The fourth-order valence-corrected chi connectivity index (χ4v) is 1.88. The standard InChI is InChI=1S/C15H11N3O2/c19-10-12-6-7-13(8-15(12)20)18-16-9-14(17-18)11-4-2-1-3-5-11/h1-10,20H. The monoisotopic (exact) mass is 265 g/mol. The number of phenolic OH excluding ortho intramolecular Hbond substituents is 1. The molecule has 0 saturated heterocycles. The molecule has 0 bridgehead atoms. The summed E-state index contributed by atoms with van der Waals surface area (Å²) in [4.78, 5) is 12.1. The molecule has 0 aliphatic carbocycles. The lowest BCUT2D eigenvalue weighted by atomic mass is 10.2. The Morgan fingerprint density at radius 1 is 1.10 bits per heavy atom. The van der Waals surface area contributed by atoms with Crippen molar-refractivity contribution >= 4 is 6.29 Å². The molecule has 5 heteroatoms. The van der Waals surface area contributed by atoms with E-state index in [9.17, 15) is 9.90 Å². The molecule has 0 unspecified atom stereocenters. The van der Waals surface area contributed by atoms with Crippen molar-refractivity contribution in [1.82, 2.24) is 15.0 Å². The second kappa shape index (κ2) is 4.97. The first-order valence-electron chi connectivity index (χ1n) is 6.04. The normalized spacial score (nSPS) is 10.4. The van der Waals surface area contributed by atoms with Crippen LogP contribution in [0.2, 0.25) is 0 Å². The Hall–Kier alpha value is -2.95. The minimum atomic E-state index is -0.0870. The van der Waals surface area contributed by atoms with E-state index in [1.807, 2.05) is 30.3 Å². The number of phenols is 1. The Morgan fingerprint density at radius 2 is 1.90 bits per heavy atom. The first kappa shape index (κ1) is 12.1. The number of carbonyl (C=O) groups is 1. The zero-order chi connectivity index (χ0) is 13.9. The fraction of sp³-hybridized carbons (Fsp3) is 0. The van der Waals surface area contributed by atoms with Crippen molar-refractivity contribution in [2.75, 3.05) is 0 Å². The Labute approximate surface area is 115 Å². The largest absolute Gasteiger partial charge is 0.507 e. The summed E-state index contributed by atoms with van der Waals surface area (Å²) >= 11 is 0. The Kier molecular flexibility index (Phi) is 3.01. The second-order valence-electron chi connectivity index (χ2n) is 4.25.